The molecule has 1 aromatic heterocycles. The second kappa shape index (κ2) is 7.04. The minimum Gasteiger partial charge on any atom is -0.493 e. The van der Waals surface area contributed by atoms with Gasteiger partial charge in [-0.05, 0) is 55.6 Å². The minimum absolute atomic E-state index is 0.00369. The number of carbonyl (C=O) groups excluding carboxylic acids is 1. The standard InChI is InChI=1S/C16H18FN3O2S/c1-11-15(23-19-18-11)16(21)20-8-2-3-12(9-20)10-22-14-6-4-13(17)5-7-14/h4-7,12H,2-3,8-10H2,1H3/t12-/m0/s1. The van der Waals surface area contributed by atoms with E-state index in [9.17, 15) is 9.18 Å². The number of rotatable bonds is 4. The van der Waals surface area contributed by atoms with Crippen LogP contribution in [-0.2, 0) is 0 Å². The van der Waals surface area contributed by atoms with Crippen molar-refractivity contribution >= 4 is 17.4 Å². The number of ether oxygens (including phenoxy) is 1. The van der Waals surface area contributed by atoms with E-state index in [0.717, 1.165) is 30.9 Å². The third-order valence-electron chi connectivity index (χ3n) is 3.95. The zero-order chi connectivity index (χ0) is 16.2. The molecule has 122 valence electrons. The lowest BCUT2D eigenvalue weighted by Crippen LogP contribution is -2.41. The predicted octanol–water partition coefficient (Wildman–Crippen LogP) is 2.92. The van der Waals surface area contributed by atoms with Crippen molar-refractivity contribution in [2.45, 2.75) is 19.8 Å². The number of hydrogen-bond acceptors (Lipinski definition) is 5. The highest BCUT2D eigenvalue weighted by Crippen LogP contribution is 2.22. The van der Waals surface area contributed by atoms with Gasteiger partial charge < -0.3 is 9.64 Å². The molecule has 1 amide bonds. The van der Waals surface area contributed by atoms with E-state index in [1.165, 1.54) is 12.1 Å². The van der Waals surface area contributed by atoms with Crippen LogP contribution < -0.4 is 4.74 Å². The van der Waals surface area contributed by atoms with E-state index < -0.39 is 0 Å². The predicted molar refractivity (Wildman–Crippen MR) is 85.2 cm³/mol. The Balaban J connectivity index is 1.57. The van der Waals surface area contributed by atoms with Crippen LogP contribution in [0.2, 0.25) is 0 Å². The van der Waals surface area contributed by atoms with Gasteiger partial charge in [-0.15, -0.1) is 5.10 Å². The second-order valence-electron chi connectivity index (χ2n) is 5.71. The molecule has 23 heavy (non-hydrogen) atoms. The third-order valence-corrected chi connectivity index (χ3v) is 4.77. The molecule has 2 aromatic rings. The fraction of sp³-hybridized carbons (Fsp3) is 0.438. The summed E-state index contributed by atoms with van der Waals surface area (Å²) in [5, 5.41) is 3.90. The number of halogens is 1. The van der Waals surface area contributed by atoms with Crippen LogP contribution in [0, 0.1) is 18.7 Å². The maximum absolute atomic E-state index is 12.9. The Labute approximate surface area is 138 Å². The topological polar surface area (TPSA) is 55.3 Å². The number of likely N-dealkylation sites (tertiary alicyclic amines) is 1. The molecule has 2 heterocycles. The zero-order valence-electron chi connectivity index (χ0n) is 12.9. The van der Waals surface area contributed by atoms with Gasteiger partial charge >= 0.3 is 0 Å². The molecule has 0 bridgehead atoms. The zero-order valence-corrected chi connectivity index (χ0v) is 13.7. The fourth-order valence-electron chi connectivity index (χ4n) is 2.70. The van der Waals surface area contributed by atoms with Crippen LogP contribution >= 0.6 is 11.5 Å². The van der Waals surface area contributed by atoms with Crippen LogP contribution in [0.25, 0.3) is 0 Å². The van der Waals surface area contributed by atoms with Gasteiger partial charge in [-0.2, -0.15) is 0 Å². The fourth-order valence-corrected chi connectivity index (χ4v) is 3.33. The number of aryl methyl sites for hydroxylation is 1. The molecule has 1 saturated heterocycles. The number of hydrogen-bond donors (Lipinski definition) is 0. The van der Waals surface area contributed by atoms with Crippen molar-refractivity contribution in [3.8, 4) is 5.75 Å². The van der Waals surface area contributed by atoms with Gasteiger partial charge in [0.1, 0.15) is 16.4 Å². The first-order valence-electron chi connectivity index (χ1n) is 7.60. The summed E-state index contributed by atoms with van der Waals surface area (Å²) in [6.45, 7) is 3.74. The van der Waals surface area contributed by atoms with Gasteiger partial charge in [-0.25, -0.2) is 4.39 Å². The molecule has 1 aliphatic heterocycles. The molecule has 0 N–H and O–H groups in total. The van der Waals surface area contributed by atoms with Crippen molar-refractivity contribution in [3.63, 3.8) is 0 Å². The Morgan fingerprint density at radius 1 is 1.43 bits per heavy atom. The number of piperidine rings is 1. The lowest BCUT2D eigenvalue weighted by Gasteiger charge is -2.32. The summed E-state index contributed by atoms with van der Waals surface area (Å²) in [4.78, 5) is 15.0. The van der Waals surface area contributed by atoms with Crippen LogP contribution in [-0.4, -0.2) is 40.1 Å². The van der Waals surface area contributed by atoms with Gasteiger partial charge in [0, 0.05) is 19.0 Å². The van der Waals surface area contributed by atoms with Crippen molar-refractivity contribution in [1.82, 2.24) is 14.5 Å². The molecule has 0 spiro atoms. The van der Waals surface area contributed by atoms with Crippen LogP contribution in [0.1, 0.15) is 28.2 Å². The number of carbonyl (C=O) groups is 1. The highest BCUT2D eigenvalue weighted by Gasteiger charge is 2.27. The first-order valence-corrected chi connectivity index (χ1v) is 8.37. The van der Waals surface area contributed by atoms with Gasteiger partial charge in [0.2, 0.25) is 0 Å². The SMILES string of the molecule is Cc1nnsc1C(=O)N1CCC[C@H](COc2ccc(F)cc2)C1. The molecule has 0 saturated carbocycles. The summed E-state index contributed by atoms with van der Waals surface area (Å²) >= 11 is 1.15. The van der Waals surface area contributed by atoms with Crippen LogP contribution in [0.4, 0.5) is 4.39 Å². The Morgan fingerprint density at radius 2 is 2.22 bits per heavy atom. The number of benzene rings is 1. The van der Waals surface area contributed by atoms with Gasteiger partial charge in [0.15, 0.2) is 0 Å². The molecular weight excluding hydrogens is 317 g/mol. The summed E-state index contributed by atoms with van der Waals surface area (Å²) in [6.07, 6.45) is 1.97. The summed E-state index contributed by atoms with van der Waals surface area (Å²) in [5.74, 6) is 0.653. The maximum Gasteiger partial charge on any atom is 0.267 e. The second-order valence-corrected chi connectivity index (χ2v) is 6.47. The van der Waals surface area contributed by atoms with Gasteiger partial charge in [-0.3, -0.25) is 4.79 Å². The van der Waals surface area contributed by atoms with Crippen molar-refractivity contribution in [2.75, 3.05) is 19.7 Å². The van der Waals surface area contributed by atoms with E-state index in [4.69, 9.17) is 4.74 Å². The molecule has 1 fully saturated rings. The van der Waals surface area contributed by atoms with E-state index in [1.807, 2.05) is 4.90 Å². The Hall–Kier alpha value is -2.02. The molecule has 0 unspecified atom stereocenters. The summed E-state index contributed by atoms with van der Waals surface area (Å²) < 4.78 is 22.4. The van der Waals surface area contributed by atoms with Gasteiger partial charge in [0.25, 0.3) is 5.91 Å². The Bertz CT molecular complexity index is 674. The number of nitrogens with zero attached hydrogens (tertiary/aromatic N) is 3. The summed E-state index contributed by atoms with van der Waals surface area (Å²) in [6, 6.07) is 6.00. The van der Waals surface area contributed by atoms with Crippen molar-refractivity contribution in [1.29, 1.82) is 0 Å². The van der Waals surface area contributed by atoms with Gasteiger partial charge in [0.05, 0.1) is 12.3 Å². The highest BCUT2D eigenvalue weighted by molar-refractivity contribution is 7.07. The van der Waals surface area contributed by atoms with E-state index in [1.54, 1.807) is 19.1 Å². The van der Waals surface area contributed by atoms with Crippen molar-refractivity contribution in [3.05, 3.63) is 40.7 Å². The molecular formula is C16H18FN3O2S. The Kier molecular flexibility index (Phi) is 4.85. The lowest BCUT2D eigenvalue weighted by molar-refractivity contribution is 0.0637. The van der Waals surface area contributed by atoms with Crippen molar-refractivity contribution in [2.24, 2.45) is 5.92 Å². The smallest absolute Gasteiger partial charge is 0.267 e. The molecule has 7 heteroatoms. The first kappa shape index (κ1) is 15.9. The highest BCUT2D eigenvalue weighted by atomic mass is 32.1. The van der Waals surface area contributed by atoms with Crippen LogP contribution in [0.15, 0.2) is 24.3 Å². The molecule has 1 atom stereocenters. The van der Waals surface area contributed by atoms with E-state index in [0.29, 0.717) is 29.5 Å². The van der Waals surface area contributed by atoms with Crippen LogP contribution in [0.3, 0.4) is 0 Å². The largest absolute Gasteiger partial charge is 0.493 e. The maximum atomic E-state index is 12.9. The molecule has 1 aliphatic rings. The number of amides is 1. The number of aromatic nitrogens is 2. The van der Waals surface area contributed by atoms with Crippen molar-refractivity contribution < 1.29 is 13.9 Å². The molecule has 0 aliphatic carbocycles. The van der Waals surface area contributed by atoms with Crippen LogP contribution in [0.5, 0.6) is 5.75 Å². The Morgan fingerprint density at radius 3 is 2.91 bits per heavy atom. The van der Waals surface area contributed by atoms with Gasteiger partial charge in [-0.1, -0.05) is 4.49 Å². The van der Waals surface area contributed by atoms with E-state index in [2.05, 4.69) is 9.59 Å². The van der Waals surface area contributed by atoms with E-state index in [-0.39, 0.29) is 17.6 Å². The third kappa shape index (κ3) is 3.85. The molecule has 5 nitrogen and oxygen atoms in total. The lowest BCUT2D eigenvalue weighted by atomic mass is 9.98. The molecule has 0 radical (unpaired) electrons. The quantitative estimate of drug-likeness (QED) is 0.862. The monoisotopic (exact) mass is 335 g/mol. The molecule has 1 aromatic carbocycles. The van der Waals surface area contributed by atoms with E-state index >= 15 is 0 Å². The minimum atomic E-state index is -0.277. The normalized spacial score (nSPS) is 18.0. The summed E-state index contributed by atoms with van der Waals surface area (Å²) in [7, 11) is 0. The average molecular weight is 335 g/mol. The summed E-state index contributed by atoms with van der Waals surface area (Å²) in [5.41, 5.74) is 0.685. The molecule has 3 rings (SSSR count). The first-order chi connectivity index (χ1) is 11.1. The average Bonchev–Trinajstić information content (AvgIpc) is 3.00.